The average Bonchev–Trinajstić information content (AvgIpc) is 3.16. The number of aliphatic hydroxyl groups excluding tert-OH is 1. The molecule has 0 radical (unpaired) electrons. The van der Waals surface area contributed by atoms with Gasteiger partial charge in [0.2, 0.25) is 5.91 Å². The number of likely N-dealkylation sites (tertiary alicyclic amines) is 1. The Hall–Kier alpha value is -1.39. The zero-order valence-corrected chi connectivity index (χ0v) is 14.0. The molecule has 4 heteroatoms. The molecule has 2 N–H and O–H groups in total. The van der Waals surface area contributed by atoms with Gasteiger partial charge >= 0.3 is 0 Å². The molecule has 1 unspecified atom stereocenters. The highest BCUT2D eigenvalue weighted by Crippen LogP contribution is 2.27. The van der Waals surface area contributed by atoms with Crippen LogP contribution in [0.3, 0.4) is 0 Å². The van der Waals surface area contributed by atoms with Crippen LogP contribution in [0.5, 0.6) is 0 Å². The van der Waals surface area contributed by atoms with Crippen molar-refractivity contribution >= 4 is 5.91 Å². The van der Waals surface area contributed by atoms with E-state index in [9.17, 15) is 9.90 Å². The molecule has 0 spiro atoms. The number of benzene rings is 1. The molecule has 3 rings (SSSR count). The van der Waals surface area contributed by atoms with Gasteiger partial charge in [-0.2, -0.15) is 0 Å². The van der Waals surface area contributed by atoms with Crippen LogP contribution in [0, 0.1) is 0 Å². The van der Waals surface area contributed by atoms with Crippen molar-refractivity contribution in [3.05, 3.63) is 35.4 Å². The van der Waals surface area contributed by atoms with Gasteiger partial charge in [-0.15, -0.1) is 0 Å². The fraction of sp³-hybridized carbons (Fsp3) is 0.632. The van der Waals surface area contributed by atoms with E-state index in [2.05, 4.69) is 29.3 Å². The molecule has 1 saturated carbocycles. The molecular formula is C19H28N2O2. The summed E-state index contributed by atoms with van der Waals surface area (Å²) in [6.45, 7) is 3.84. The SMILES string of the molecule is CCc1ccccc1CC(=O)N[C@@H]1CCC[C@@H]1N1CCC(O)C1. The number of nitrogens with one attached hydrogen (secondary N) is 1. The van der Waals surface area contributed by atoms with Crippen molar-refractivity contribution in [3.63, 3.8) is 0 Å². The lowest BCUT2D eigenvalue weighted by Gasteiger charge is -2.29. The Morgan fingerprint density at radius 1 is 1.26 bits per heavy atom. The van der Waals surface area contributed by atoms with Crippen LogP contribution in [0.1, 0.15) is 43.7 Å². The molecule has 1 aliphatic heterocycles. The molecule has 1 aliphatic carbocycles. The predicted octanol–water partition coefficient (Wildman–Crippen LogP) is 1.90. The first-order chi connectivity index (χ1) is 11.2. The van der Waals surface area contributed by atoms with Crippen LogP contribution in [0.15, 0.2) is 24.3 Å². The number of rotatable bonds is 5. The summed E-state index contributed by atoms with van der Waals surface area (Å²) in [5.74, 6) is 0.127. The van der Waals surface area contributed by atoms with E-state index in [-0.39, 0.29) is 18.1 Å². The lowest BCUT2D eigenvalue weighted by Crippen LogP contribution is -2.48. The molecule has 126 valence electrons. The second-order valence-corrected chi connectivity index (χ2v) is 6.91. The molecule has 4 nitrogen and oxygen atoms in total. The minimum absolute atomic E-state index is 0.127. The topological polar surface area (TPSA) is 52.6 Å². The van der Waals surface area contributed by atoms with Crippen molar-refractivity contribution in [3.8, 4) is 0 Å². The first-order valence-corrected chi connectivity index (χ1v) is 8.95. The van der Waals surface area contributed by atoms with Gasteiger partial charge in [-0.1, -0.05) is 31.2 Å². The Morgan fingerprint density at radius 2 is 2.04 bits per heavy atom. The second kappa shape index (κ2) is 7.45. The third-order valence-corrected chi connectivity index (χ3v) is 5.34. The van der Waals surface area contributed by atoms with E-state index in [1.165, 1.54) is 5.56 Å². The Kier molecular flexibility index (Phi) is 5.34. The van der Waals surface area contributed by atoms with E-state index in [0.717, 1.165) is 50.8 Å². The molecule has 1 saturated heterocycles. The van der Waals surface area contributed by atoms with E-state index in [0.29, 0.717) is 12.5 Å². The largest absolute Gasteiger partial charge is 0.392 e. The number of hydrogen-bond donors (Lipinski definition) is 2. The highest BCUT2D eigenvalue weighted by atomic mass is 16.3. The molecule has 2 aliphatic rings. The standard InChI is InChI=1S/C19H28N2O2/c1-2-14-6-3-4-7-15(14)12-19(23)20-17-8-5-9-18(17)21-11-10-16(22)13-21/h3-4,6-7,16-18,22H,2,5,8-13H2,1H3,(H,20,23)/t16?,17-,18+/m1/s1. The lowest BCUT2D eigenvalue weighted by atomic mass is 10.0. The average molecular weight is 316 g/mol. The number of β-amino-alcohol motifs (C(OH)–C–C–N with tert-alkyl or cyclic N) is 1. The van der Waals surface area contributed by atoms with Gasteiger partial charge in [0.15, 0.2) is 0 Å². The fourth-order valence-corrected chi connectivity index (χ4v) is 4.12. The third kappa shape index (κ3) is 3.93. The Morgan fingerprint density at radius 3 is 2.74 bits per heavy atom. The smallest absolute Gasteiger partial charge is 0.224 e. The normalized spacial score (nSPS) is 28.2. The van der Waals surface area contributed by atoms with E-state index >= 15 is 0 Å². The fourth-order valence-electron chi connectivity index (χ4n) is 4.12. The summed E-state index contributed by atoms with van der Waals surface area (Å²) in [6, 6.07) is 8.84. The summed E-state index contributed by atoms with van der Waals surface area (Å²) in [5, 5.41) is 13.0. The zero-order chi connectivity index (χ0) is 16.2. The third-order valence-electron chi connectivity index (χ3n) is 5.34. The summed E-state index contributed by atoms with van der Waals surface area (Å²) in [5.41, 5.74) is 2.40. The number of carbonyl (C=O) groups is 1. The van der Waals surface area contributed by atoms with Crippen LogP contribution in [0.25, 0.3) is 0 Å². The first kappa shape index (κ1) is 16.5. The zero-order valence-electron chi connectivity index (χ0n) is 14.0. The van der Waals surface area contributed by atoms with Gasteiger partial charge < -0.3 is 10.4 Å². The molecule has 0 bridgehead atoms. The van der Waals surface area contributed by atoms with Gasteiger partial charge in [0.05, 0.1) is 12.5 Å². The van der Waals surface area contributed by atoms with E-state index in [1.54, 1.807) is 0 Å². The van der Waals surface area contributed by atoms with Gasteiger partial charge in [0.25, 0.3) is 0 Å². The maximum Gasteiger partial charge on any atom is 0.224 e. The van der Waals surface area contributed by atoms with E-state index in [4.69, 9.17) is 0 Å². The first-order valence-electron chi connectivity index (χ1n) is 8.95. The Balaban J connectivity index is 1.58. The van der Waals surface area contributed by atoms with Crippen molar-refractivity contribution in [2.45, 2.75) is 63.6 Å². The molecule has 23 heavy (non-hydrogen) atoms. The number of amides is 1. The second-order valence-electron chi connectivity index (χ2n) is 6.91. The number of carbonyl (C=O) groups excluding carboxylic acids is 1. The predicted molar refractivity (Wildman–Crippen MR) is 91.3 cm³/mol. The molecule has 0 aromatic heterocycles. The molecule has 3 atom stereocenters. The van der Waals surface area contributed by atoms with Crippen molar-refractivity contribution in [1.29, 1.82) is 0 Å². The van der Waals surface area contributed by atoms with Gasteiger partial charge in [-0.25, -0.2) is 0 Å². The monoisotopic (exact) mass is 316 g/mol. The molecule has 1 aromatic rings. The summed E-state index contributed by atoms with van der Waals surface area (Å²) < 4.78 is 0. The van der Waals surface area contributed by atoms with Crippen LogP contribution < -0.4 is 5.32 Å². The van der Waals surface area contributed by atoms with Crippen molar-refractivity contribution in [1.82, 2.24) is 10.2 Å². The van der Waals surface area contributed by atoms with Crippen LogP contribution in [0.4, 0.5) is 0 Å². The lowest BCUT2D eigenvalue weighted by molar-refractivity contribution is -0.121. The minimum Gasteiger partial charge on any atom is -0.392 e. The van der Waals surface area contributed by atoms with Crippen LogP contribution in [-0.2, 0) is 17.6 Å². The Labute approximate surface area is 138 Å². The molecule has 1 aromatic carbocycles. The van der Waals surface area contributed by atoms with Crippen molar-refractivity contribution in [2.75, 3.05) is 13.1 Å². The van der Waals surface area contributed by atoms with E-state index < -0.39 is 0 Å². The molecule has 1 heterocycles. The van der Waals surface area contributed by atoms with Gasteiger partial charge in [0.1, 0.15) is 0 Å². The minimum atomic E-state index is -0.191. The van der Waals surface area contributed by atoms with Crippen molar-refractivity contribution in [2.24, 2.45) is 0 Å². The Bertz CT molecular complexity index is 546. The number of aryl methyl sites for hydroxylation is 1. The summed E-state index contributed by atoms with van der Waals surface area (Å²) in [7, 11) is 0. The number of nitrogens with zero attached hydrogens (tertiary/aromatic N) is 1. The van der Waals surface area contributed by atoms with Crippen LogP contribution in [-0.4, -0.2) is 47.2 Å². The van der Waals surface area contributed by atoms with E-state index in [1.807, 2.05) is 12.1 Å². The highest BCUT2D eigenvalue weighted by molar-refractivity contribution is 5.79. The maximum atomic E-state index is 12.5. The van der Waals surface area contributed by atoms with Crippen molar-refractivity contribution < 1.29 is 9.90 Å². The van der Waals surface area contributed by atoms with Crippen LogP contribution >= 0.6 is 0 Å². The maximum absolute atomic E-state index is 12.5. The molecule has 1 amide bonds. The quantitative estimate of drug-likeness (QED) is 0.872. The summed E-state index contributed by atoms with van der Waals surface area (Å²) in [4.78, 5) is 14.8. The number of aliphatic hydroxyl groups is 1. The number of hydrogen-bond acceptors (Lipinski definition) is 3. The molecular weight excluding hydrogens is 288 g/mol. The van der Waals surface area contributed by atoms with Gasteiger partial charge in [0, 0.05) is 25.2 Å². The van der Waals surface area contributed by atoms with Gasteiger partial charge in [-0.05, 0) is 43.2 Å². The van der Waals surface area contributed by atoms with Gasteiger partial charge in [-0.3, -0.25) is 9.69 Å². The van der Waals surface area contributed by atoms with Crippen LogP contribution in [0.2, 0.25) is 0 Å². The molecule has 2 fully saturated rings. The summed E-state index contributed by atoms with van der Waals surface area (Å²) >= 11 is 0. The highest BCUT2D eigenvalue weighted by Gasteiger charge is 2.36. The summed E-state index contributed by atoms with van der Waals surface area (Å²) in [6.07, 6.45) is 5.44.